The molecule has 0 saturated carbocycles. The van der Waals surface area contributed by atoms with E-state index in [9.17, 15) is 18.5 Å². The second kappa shape index (κ2) is 7.94. The van der Waals surface area contributed by atoms with Crippen molar-refractivity contribution in [1.29, 1.82) is 0 Å². The molecular weight excluding hydrogens is 376 g/mol. The summed E-state index contributed by atoms with van der Waals surface area (Å²) in [5, 5.41) is 10.7. The summed E-state index contributed by atoms with van der Waals surface area (Å²) in [6.45, 7) is 0.0665. The van der Waals surface area contributed by atoms with Crippen molar-refractivity contribution in [1.82, 2.24) is 4.72 Å². The van der Waals surface area contributed by atoms with Gasteiger partial charge in [-0.15, -0.1) is 0 Å². The van der Waals surface area contributed by atoms with E-state index in [1.165, 1.54) is 18.2 Å². The lowest BCUT2D eigenvalue weighted by molar-refractivity contribution is -0.385. The molecule has 0 saturated heterocycles. The minimum absolute atomic E-state index is 0.0538. The third-order valence-corrected chi connectivity index (χ3v) is 4.87. The van der Waals surface area contributed by atoms with Gasteiger partial charge in [0.1, 0.15) is 12.4 Å². The zero-order valence-corrected chi connectivity index (χ0v) is 14.7. The normalized spacial score (nSPS) is 12.1. The van der Waals surface area contributed by atoms with Crippen LogP contribution >= 0.6 is 0 Å². The highest BCUT2D eigenvalue weighted by atomic mass is 32.2. The van der Waals surface area contributed by atoms with E-state index in [4.69, 9.17) is 14.2 Å². The summed E-state index contributed by atoms with van der Waals surface area (Å²) in [7, 11) is -3.89. The van der Waals surface area contributed by atoms with Crippen molar-refractivity contribution in [2.24, 2.45) is 0 Å². The zero-order valence-electron chi connectivity index (χ0n) is 13.9. The molecule has 0 unspecified atom stereocenters. The molecule has 0 amide bonds. The third kappa shape index (κ3) is 4.66. The van der Waals surface area contributed by atoms with Gasteiger partial charge in [-0.1, -0.05) is 17.9 Å². The van der Waals surface area contributed by atoms with E-state index < -0.39 is 14.9 Å². The van der Waals surface area contributed by atoms with Crippen molar-refractivity contribution in [3.8, 4) is 29.1 Å². The highest BCUT2D eigenvalue weighted by molar-refractivity contribution is 7.89. The van der Waals surface area contributed by atoms with E-state index in [-0.39, 0.29) is 30.5 Å². The zero-order chi connectivity index (χ0) is 19.3. The Labute approximate surface area is 155 Å². The van der Waals surface area contributed by atoms with Crippen LogP contribution < -0.4 is 18.9 Å². The summed E-state index contributed by atoms with van der Waals surface area (Å²) in [6.07, 6.45) is 0. The molecule has 0 spiro atoms. The summed E-state index contributed by atoms with van der Waals surface area (Å²) in [4.78, 5) is 9.87. The smallest absolute Gasteiger partial charge is 0.270 e. The standard InChI is InChI=1S/C17H14N2O7S/c20-19(21)13-4-3-5-15(10-13)27(22,23)18-8-1-2-9-24-14-6-7-16-17(11-14)26-12-25-16/h3-7,10-11,18H,8-9,12H2. The second-order valence-corrected chi connectivity index (χ2v) is 7.00. The summed E-state index contributed by atoms with van der Waals surface area (Å²) in [5.74, 6) is 7.07. The van der Waals surface area contributed by atoms with Gasteiger partial charge in [-0.3, -0.25) is 10.1 Å². The van der Waals surface area contributed by atoms with Gasteiger partial charge in [-0.25, -0.2) is 8.42 Å². The van der Waals surface area contributed by atoms with Crippen LogP contribution in [0.5, 0.6) is 17.2 Å². The van der Waals surface area contributed by atoms with Crippen LogP contribution in [0.25, 0.3) is 0 Å². The molecule has 2 aromatic carbocycles. The van der Waals surface area contributed by atoms with Gasteiger partial charge >= 0.3 is 0 Å². The first-order chi connectivity index (χ1) is 13.0. The van der Waals surface area contributed by atoms with Gasteiger partial charge in [0.15, 0.2) is 11.5 Å². The van der Waals surface area contributed by atoms with Crippen LogP contribution in [0.2, 0.25) is 0 Å². The Hall–Kier alpha value is -3.29. The number of sulfonamides is 1. The number of nitro benzene ring substituents is 1. The van der Waals surface area contributed by atoms with Crippen molar-refractivity contribution in [2.75, 3.05) is 19.9 Å². The first kappa shape index (κ1) is 18.5. The Morgan fingerprint density at radius 2 is 1.96 bits per heavy atom. The van der Waals surface area contributed by atoms with E-state index >= 15 is 0 Å². The lowest BCUT2D eigenvalue weighted by atomic mass is 10.3. The fourth-order valence-electron chi connectivity index (χ4n) is 2.18. The summed E-state index contributed by atoms with van der Waals surface area (Å²) >= 11 is 0. The number of hydrogen-bond donors (Lipinski definition) is 1. The third-order valence-electron chi connectivity index (χ3n) is 3.47. The highest BCUT2D eigenvalue weighted by Gasteiger charge is 2.16. The van der Waals surface area contributed by atoms with Gasteiger partial charge in [0.05, 0.1) is 16.4 Å². The fraction of sp³-hybridized carbons (Fsp3) is 0.176. The first-order valence-corrected chi connectivity index (χ1v) is 9.16. The van der Waals surface area contributed by atoms with Crippen molar-refractivity contribution in [3.63, 3.8) is 0 Å². The molecule has 140 valence electrons. The Bertz CT molecular complexity index is 1030. The monoisotopic (exact) mass is 390 g/mol. The Kier molecular flexibility index (Phi) is 5.44. The second-order valence-electron chi connectivity index (χ2n) is 5.24. The SMILES string of the molecule is O=[N+]([O-])c1cccc(S(=O)(=O)NCC#CCOc2ccc3c(c2)OCO3)c1. The number of hydrogen-bond acceptors (Lipinski definition) is 7. The molecule has 3 rings (SSSR count). The molecule has 0 fully saturated rings. The number of ether oxygens (including phenoxy) is 3. The number of benzene rings is 2. The topological polar surface area (TPSA) is 117 Å². The van der Waals surface area contributed by atoms with Gasteiger partial charge in [0.25, 0.3) is 5.69 Å². The van der Waals surface area contributed by atoms with Crippen molar-refractivity contribution >= 4 is 15.7 Å². The number of rotatable bonds is 6. The van der Waals surface area contributed by atoms with Crippen LogP contribution in [0.3, 0.4) is 0 Å². The average molecular weight is 390 g/mol. The highest BCUT2D eigenvalue weighted by Crippen LogP contribution is 2.34. The van der Waals surface area contributed by atoms with E-state index in [1.54, 1.807) is 18.2 Å². The molecule has 0 atom stereocenters. The van der Waals surface area contributed by atoms with E-state index in [0.717, 1.165) is 6.07 Å². The number of fused-ring (bicyclic) bond motifs is 1. The summed E-state index contributed by atoms with van der Waals surface area (Å²) < 4.78 is 42.3. The predicted octanol–water partition coefficient (Wildman–Crippen LogP) is 1.68. The molecule has 9 nitrogen and oxygen atoms in total. The van der Waals surface area contributed by atoms with Crippen LogP contribution in [0, 0.1) is 22.0 Å². The minimum atomic E-state index is -3.89. The van der Waals surface area contributed by atoms with Crippen molar-refractivity contribution in [2.45, 2.75) is 4.90 Å². The summed E-state index contributed by atoms with van der Waals surface area (Å²) in [5.41, 5.74) is -0.305. The molecule has 0 aliphatic carbocycles. The van der Waals surface area contributed by atoms with E-state index in [2.05, 4.69) is 16.6 Å². The van der Waals surface area contributed by atoms with Crippen LogP contribution in [0.1, 0.15) is 0 Å². The molecule has 1 aliphatic heterocycles. The maximum atomic E-state index is 12.1. The maximum absolute atomic E-state index is 12.1. The molecular formula is C17H14N2O7S. The molecule has 2 aromatic rings. The van der Waals surface area contributed by atoms with Crippen molar-refractivity contribution in [3.05, 3.63) is 52.6 Å². The lowest BCUT2D eigenvalue weighted by Crippen LogP contribution is -2.24. The van der Waals surface area contributed by atoms with Gasteiger partial charge < -0.3 is 14.2 Å². The molecule has 10 heteroatoms. The Balaban J connectivity index is 1.51. The molecule has 1 heterocycles. The lowest BCUT2D eigenvalue weighted by Gasteiger charge is -2.04. The largest absolute Gasteiger partial charge is 0.481 e. The number of nitrogens with zero attached hydrogens (tertiary/aromatic N) is 1. The van der Waals surface area contributed by atoms with Crippen LogP contribution in [-0.4, -0.2) is 33.3 Å². The molecule has 0 aromatic heterocycles. The van der Waals surface area contributed by atoms with Crippen LogP contribution in [-0.2, 0) is 10.0 Å². The molecule has 0 bridgehead atoms. The van der Waals surface area contributed by atoms with Gasteiger partial charge in [-0.2, -0.15) is 4.72 Å². The van der Waals surface area contributed by atoms with Gasteiger partial charge in [0.2, 0.25) is 16.8 Å². The Morgan fingerprint density at radius 1 is 1.15 bits per heavy atom. The maximum Gasteiger partial charge on any atom is 0.270 e. The quantitative estimate of drug-likeness (QED) is 0.453. The summed E-state index contributed by atoms with van der Waals surface area (Å²) in [6, 6.07) is 9.88. The van der Waals surface area contributed by atoms with Gasteiger partial charge in [-0.05, 0) is 18.2 Å². The van der Waals surface area contributed by atoms with Crippen molar-refractivity contribution < 1.29 is 27.6 Å². The number of nitrogens with one attached hydrogen (secondary N) is 1. The molecule has 0 radical (unpaired) electrons. The average Bonchev–Trinajstić information content (AvgIpc) is 3.12. The fourth-order valence-corrected chi connectivity index (χ4v) is 3.14. The Morgan fingerprint density at radius 3 is 2.78 bits per heavy atom. The van der Waals surface area contributed by atoms with E-state index in [1.807, 2.05) is 0 Å². The minimum Gasteiger partial charge on any atom is -0.481 e. The first-order valence-electron chi connectivity index (χ1n) is 7.68. The van der Waals surface area contributed by atoms with Crippen LogP contribution in [0.15, 0.2) is 47.4 Å². The molecule has 1 aliphatic rings. The molecule has 27 heavy (non-hydrogen) atoms. The number of nitro groups is 1. The predicted molar refractivity (Wildman–Crippen MR) is 94.1 cm³/mol. The van der Waals surface area contributed by atoms with E-state index in [0.29, 0.717) is 17.2 Å². The van der Waals surface area contributed by atoms with Crippen LogP contribution in [0.4, 0.5) is 5.69 Å². The number of non-ortho nitro benzene ring substituents is 1. The van der Waals surface area contributed by atoms with Gasteiger partial charge in [0, 0.05) is 18.2 Å². The molecule has 1 N–H and O–H groups in total.